The van der Waals surface area contributed by atoms with Crippen molar-refractivity contribution >= 4 is 29.0 Å². The van der Waals surface area contributed by atoms with Crippen molar-refractivity contribution in [3.8, 4) is 0 Å². The lowest BCUT2D eigenvalue weighted by molar-refractivity contribution is 0.764. The molecule has 0 aliphatic heterocycles. The van der Waals surface area contributed by atoms with Crippen LogP contribution >= 0.6 is 23.2 Å². The second-order valence-electron chi connectivity index (χ2n) is 2.88. The van der Waals surface area contributed by atoms with Crippen LogP contribution in [0, 0.1) is 0 Å². The molecule has 13 heavy (non-hydrogen) atoms. The van der Waals surface area contributed by atoms with E-state index in [1.54, 1.807) is 6.20 Å². The van der Waals surface area contributed by atoms with Crippen LogP contribution in [0.1, 0.15) is 13.3 Å². The highest BCUT2D eigenvalue weighted by atomic mass is 35.5. The third-order valence-corrected chi connectivity index (χ3v) is 2.11. The molecule has 1 rings (SSSR count). The first kappa shape index (κ1) is 10.6. The molecule has 0 aliphatic rings. The van der Waals surface area contributed by atoms with Crippen molar-refractivity contribution < 1.29 is 0 Å². The maximum absolute atomic E-state index is 5.70. The summed E-state index contributed by atoms with van der Waals surface area (Å²) in [6, 6.07) is 4.00. The van der Waals surface area contributed by atoms with E-state index >= 15 is 0 Å². The van der Waals surface area contributed by atoms with Crippen LogP contribution in [0.2, 0.25) is 5.02 Å². The first-order chi connectivity index (χ1) is 6.22. The summed E-state index contributed by atoms with van der Waals surface area (Å²) in [6.07, 6.45) is 2.54. The Morgan fingerprint density at radius 1 is 1.54 bits per heavy atom. The molecule has 0 saturated carbocycles. The quantitative estimate of drug-likeness (QED) is 0.786. The number of rotatable bonds is 4. The molecule has 0 radical (unpaired) electrons. The van der Waals surface area contributed by atoms with Gasteiger partial charge in [0.15, 0.2) is 0 Å². The van der Waals surface area contributed by atoms with E-state index in [0.29, 0.717) is 16.9 Å². The maximum Gasteiger partial charge on any atom is 0.126 e. The molecular weight excluding hydrogens is 207 g/mol. The maximum atomic E-state index is 5.70. The highest BCUT2D eigenvalue weighted by Gasteiger charge is 2.00. The second kappa shape index (κ2) is 5.30. The van der Waals surface area contributed by atoms with Crippen molar-refractivity contribution in [3.63, 3.8) is 0 Å². The lowest BCUT2D eigenvalue weighted by atomic mass is 10.2. The predicted molar refractivity (Wildman–Crippen MR) is 57.7 cm³/mol. The van der Waals surface area contributed by atoms with Gasteiger partial charge in [0, 0.05) is 18.1 Å². The fourth-order valence-corrected chi connectivity index (χ4v) is 1.39. The van der Waals surface area contributed by atoms with Crippen molar-refractivity contribution in [3.05, 3.63) is 23.4 Å². The number of hydrogen-bond donors (Lipinski definition) is 1. The Morgan fingerprint density at radius 3 is 2.85 bits per heavy atom. The number of aromatic nitrogens is 1. The topological polar surface area (TPSA) is 24.9 Å². The number of nitrogens with one attached hydrogen (secondary N) is 1. The largest absolute Gasteiger partial charge is 0.368 e. The zero-order valence-corrected chi connectivity index (χ0v) is 8.94. The van der Waals surface area contributed by atoms with E-state index in [1.165, 1.54) is 0 Å². The first-order valence-corrected chi connectivity index (χ1v) is 5.07. The van der Waals surface area contributed by atoms with Gasteiger partial charge in [0.2, 0.25) is 0 Å². The zero-order valence-electron chi connectivity index (χ0n) is 7.43. The Morgan fingerprint density at radius 2 is 2.31 bits per heavy atom. The zero-order chi connectivity index (χ0) is 9.68. The molecule has 0 fully saturated rings. The fraction of sp³-hybridized carbons (Fsp3) is 0.444. The summed E-state index contributed by atoms with van der Waals surface area (Å²) in [5, 5.41) is 3.86. The molecule has 0 aliphatic carbocycles. The van der Waals surface area contributed by atoms with Crippen molar-refractivity contribution in [1.29, 1.82) is 0 Å². The lowest BCUT2D eigenvalue weighted by Crippen LogP contribution is -2.16. The van der Waals surface area contributed by atoms with Gasteiger partial charge in [-0.3, -0.25) is 0 Å². The molecule has 1 unspecified atom stereocenters. The van der Waals surface area contributed by atoms with Gasteiger partial charge in [-0.15, -0.1) is 11.6 Å². The minimum Gasteiger partial charge on any atom is -0.368 e. The standard InChI is InChI=1S/C9H12Cl2N2/c1-7(4-5-10)13-9-3-2-8(11)6-12-9/h2-3,6-7H,4-5H2,1H3,(H,12,13). The van der Waals surface area contributed by atoms with Gasteiger partial charge in [-0.2, -0.15) is 0 Å². The van der Waals surface area contributed by atoms with E-state index in [1.807, 2.05) is 12.1 Å². The number of nitrogens with zero attached hydrogens (tertiary/aromatic N) is 1. The van der Waals surface area contributed by atoms with Gasteiger partial charge >= 0.3 is 0 Å². The van der Waals surface area contributed by atoms with E-state index in [4.69, 9.17) is 23.2 Å². The summed E-state index contributed by atoms with van der Waals surface area (Å²) in [7, 11) is 0. The molecule has 1 aromatic rings. The molecule has 0 aromatic carbocycles. The summed E-state index contributed by atoms with van der Waals surface area (Å²) in [6.45, 7) is 2.07. The van der Waals surface area contributed by atoms with Crippen molar-refractivity contribution in [2.24, 2.45) is 0 Å². The van der Waals surface area contributed by atoms with Crippen LogP contribution < -0.4 is 5.32 Å². The summed E-state index contributed by atoms with van der Waals surface area (Å²) >= 11 is 11.3. The van der Waals surface area contributed by atoms with Gasteiger partial charge in [0.25, 0.3) is 0 Å². The second-order valence-corrected chi connectivity index (χ2v) is 3.70. The Hall–Kier alpha value is -0.470. The van der Waals surface area contributed by atoms with Crippen LogP contribution in [-0.4, -0.2) is 16.9 Å². The Labute approximate surface area is 88.3 Å². The summed E-state index contributed by atoms with van der Waals surface area (Å²) in [5.41, 5.74) is 0. The van der Waals surface area contributed by atoms with E-state index in [0.717, 1.165) is 12.2 Å². The van der Waals surface area contributed by atoms with Crippen LogP contribution in [0.15, 0.2) is 18.3 Å². The molecule has 72 valence electrons. The summed E-state index contributed by atoms with van der Waals surface area (Å²) < 4.78 is 0. The Kier molecular flexibility index (Phi) is 4.33. The van der Waals surface area contributed by atoms with Crippen molar-refractivity contribution in [2.45, 2.75) is 19.4 Å². The monoisotopic (exact) mass is 218 g/mol. The van der Waals surface area contributed by atoms with Crippen LogP contribution in [-0.2, 0) is 0 Å². The van der Waals surface area contributed by atoms with Crippen LogP contribution in [0.4, 0.5) is 5.82 Å². The summed E-state index contributed by atoms with van der Waals surface area (Å²) in [5.74, 6) is 1.49. The van der Waals surface area contributed by atoms with Gasteiger partial charge in [-0.1, -0.05) is 11.6 Å². The Balaban J connectivity index is 2.49. The fourth-order valence-electron chi connectivity index (χ4n) is 0.949. The molecule has 0 saturated heterocycles. The minimum atomic E-state index is 0.339. The molecule has 1 atom stereocenters. The molecule has 1 aromatic heterocycles. The van der Waals surface area contributed by atoms with Gasteiger partial charge in [-0.25, -0.2) is 4.98 Å². The molecule has 0 bridgehead atoms. The number of alkyl halides is 1. The van der Waals surface area contributed by atoms with E-state index < -0.39 is 0 Å². The van der Waals surface area contributed by atoms with Crippen molar-refractivity contribution in [1.82, 2.24) is 4.98 Å². The lowest BCUT2D eigenvalue weighted by Gasteiger charge is -2.12. The van der Waals surface area contributed by atoms with Crippen LogP contribution in [0.5, 0.6) is 0 Å². The molecule has 0 spiro atoms. The van der Waals surface area contributed by atoms with Crippen molar-refractivity contribution in [2.75, 3.05) is 11.2 Å². The van der Waals surface area contributed by atoms with E-state index in [2.05, 4.69) is 17.2 Å². The SMILES string of the molecule is CC(CCCl)Nc1ccc(Cl)cn1. The smallest absolute Gasteiger partial charge is 0.126 e. The van der Waals surface area contributed by atoms with Gasteiger partial charge in [0.05, 0.1) is 5.02 Å². The average molecular weight is 219 g/mol. The third-order valence-electron chi connectivity index (χ3n) is 1.66. The Bertz CT molecular complexity index is 248. The molecule has 1 heterocycles. The highest BCUT2D eigenvalue weighted by molar-refractivity contribution is 6.30. The van der Waals surface area contributed by atoms with Gasteiger partial charge in [-0.05, 0) is 25.5 Å². The van der Waals surface area contributed by atoms with Gasteiger partial charge in [0.1, 0.15) is 5.82 Å². The third kappa shape index (κ3) is 3.83. The molecule has 2 nitrogen and oxygen atoms in total. The number of pyridine rings is 1. The molecule has 4 heteroatoms. The number of halogens is 2. The van der Waals surface area contributed by atoms with Crippen LogP contribution in [0.3, 0.4) is 0 Å². The van der Waals surface area contributed by atoms with Gasteiger partial charge < -0.3 is 5.32 Å². The molecule has 1 N–H and O–H groups in total. The van der Waals surface area contributed by atoms with Crippen LogP contribution in [0.25, 0.3) is 0 Å². The number of hydrogen-bond acceptors (Lipinski definition) is 2. The molecular formula is C9H12Cl2N2. The van der Waals surface area contributed by atoms with E-state index in [9.17, 15) is 0 Å². The number of anilines is 1. The predicted octanol–water partition coefficient (Wildman–Crippen LogP) is 3.16. The first-order valence-electron chi connectivity index (χ1n) is 4.16. The average Bonchev–Trinajstić information content (AvgIpc) is 2.09. The molecule has 0 amide bonds. The van der Waals surface area contributed by atoms with E-state index in [-0.39, 0.29) is 0 Å². The minimum absolute atomic E-state index is 0.339. The summed E-state index contributed by atoms with van der Waals surface area (Å²) in [4.78, 5) is 4.11. The normalized spacial score (nSPS) is 12.5. The highest BCUT2D eigenvalue weighted by Crippen LogP contribution is 2.11.